The van der Waals surface area contributed by atoms with Gasteiger partial charge in [-0.3, -0.25) is 10.1 Å². The standard InChI is InChI=1S/C13H23N5O2/c1-2-3-4-5-6-7-10-15-13-11(18(19)20)8-9-12(16-13)17-14/h8-9H,2-7,10,14H2,1H3,(H2,15,16,17). The Labute approximate surface area is 119 Å². The van der Waals surface area contributed by atoms with E-state index in [4.69, 9.17) is 5.84 Å². The molecule has 1 aromatic rings. The molecular weight excluding hydrogens is 258 g/mol. The minimum Gasteiger partial charge on any atom is -0.364 e. The first-order valence-corrected chi connectivity index (χ1v) is 7.05. The molecule has 1 aromatic heterocycles. The Morgan fingerprint density at radius 2 is 1.95 bits per heavy atom. The number of hydrogen-bond acceptors (Lipinski definition) is 6. The Morgan fingerprint density at radius 1 is 1.25 bits per heavy atom. The van der Waals surface area contributed by atoms with Gasteiger partial charge in [0.05, 0.1) is 4.92 Å². The number of rotatable bonds is 10. The summed E-state index contributed by atoms with van der Waals surface area (Å²) in [6.45, 7) is 2.86. The Morgan fingerprint density at radius 3 is 2.60 bits per heavy atom. The lowest BCUT2D eigenvalue weighted by molar-refractivity contribution is -0.384. The molecule has 0 aliphatic rings. The van der Waals surface area contributed by atoms with Crippen molar-refractivity contribution in [2.45, 2.75) is 45.4 Å². The fourth-order valence-electron chi connectivity index (χ4n) is 1.92. The highest BCUT2D eigenvalue weighted by molar-refractivity contribution is 5.59. The summed E-state index contributed by atoms with van der Waals surface area (Å²) in [6, 6.07) is 2.87. The second kappa shape index (κ2) is 9.08. The molecule has 1 rings (SSSR count). The van der Waals surface area contributed by atoms with E-state index < -0.39 is 4.92 Å². The fraction of sp³-hybridized carbons (Fsp3) is 0.615. The Kier molecular flexibility index (Phi) is 7.34. The molecule has 20 heavy (non-hydrogen) atoms. The van der Waals surface area contributed by atoms with Crippen LogP contribution in [0.2, 0.25) is 0 Å². The van der Waals surface area contributed by atoms with Crippen LogP contribution < -0.4 is 16.6 Å². The van der Waals surface area contributed by atoms with Gasteiger partial charge in [0.15, 0.2) is 0 Å². The van der Waals surface area contributed by atoms with Gasteiger partial charge in [0.25, 0.3) is 0 Å². The third-order valence-electron chi connectivity index (χ3n) is 3.04. The van der Waals surface area contributed by atoms with Crippen molar-refractivity contribution < 1.29 is 4.92 Å². The number of hydrogen-bond donors (Lipinski definition) is 3. The highest BCUT2D eigenvalue weighted by Crippen LogP contribution is 2.23. The number of nitrogens with one attached hydrogen (secondary N) is 2. The monoisotopic (exact) mass is 281 g/mol. The largest absolute Gasteiger partial charge is 0.364 e. The van der Waals surface area contributed by atoms with Gasteiger partial charge >= 0.3 is 5.69 Å². The van der Waals surface area contributed by atoms with E-state index >= 15 is 0 Å². The molecule has 0 atom stereocenters. The molecule has 0 spiro atoms. The lowest BCUT2D eigenvalue weighted by Crippen LogP contribution is -2.12. The summed E-state index contributed by atoms with van der Waals surface area (Å²) in [5, 5.41) is 13.9. The number of aromatic nitrogens is 1. The van der Waals surface area contributed by atoms with Crippen molar-refractivity contribution in [3.8, 4) is 0 Å². The van der Waals surface area contributed by atoms with Crippen LogP contribution in [0.15, 0.2) is 12.1 Å². The molecule has 7 nitrogen and oxygen atoms in total. The Hall–Kier alpha value is -1.89. The predicted molar refractivity (Wildman–Crippen MR) is 80.6 cm³/mol. The van der Waals surface area contributed by atoms with Gasteiger partial charge in [-0.15, -0.1) is 0 Å². The summed E-state index contributed by atoms with van der Waals surface area (Å²) >= 11 is 0. The highest BCUT2D eigenvalue weighted by atomic mass is 16.6. The first kappa shape index (κ1) is 16.2. The van der Waals surface area contributed by atoms with E-state index in [1.165, 1.54) is 37.8 Å². The van der Waals surface area contributed by atoms with Gasteiger partial charge in [-0.05, 0) is 12.5 Å². The van der Waals surface area contributed by atoms with Gasteiger partial charge in [-0.1, -0.05) is 39.0 Å². The van der Waals surface area contributed by atoms with Gasteiger partial charge in [-0.25, -0.2) is 10.8 Å². The number of hydrazine groups is 1. The second-order valence-electron chi connectivity index (χ2n) is 4.66. The minimum atomic E-state index is -0.448. The molecule has 0 unspecified atom stereocenters. The number of anilines is 2. The number of nitrogen functional groups attached to an aromatic ring is 1. The Balaban J connectivity index is 2.43. The van der Waals surface area contributed by atoms with Crippen molar-refractivity contribution >= 4 is 17.3 Å². The number of nitrogens with zero attached hydrogens (tertiary/aromatic N) is 2. The number of unbranched alkanes of at least 4 members (excludes halogenated alkanes) is 5. The maximum Gasteiger partial charge on any atom is 0.311 e. The lowest BCUT2D eigenvalue weighted by Gasteiger charge is -2.08. The third-order valence-corrected chi connectivity index (χ3v) is 3.04. The molecule has 0 aliphatic carbocycles. The van der Waals surface area contributed by atoms with Crippen LogP contribution in [0, 0.1) is 10.1 Å². The molecule has 0 amide bonds. The first-order valence-electron chi connectivity index (χ1n) is 7.05. The van der Waals surface area contributed by atoms with Crippen LogP contribution in [0.4, 0.5) is 17.3 Å². The van der Waals surface area contributed by atoms with Crippen molar-refractivity contribution in [2.75, 3.05) is 17.3 Å². The average molecular weight is 281 g/mol. The van der Waals surface area contributed by atoms with Gasteiger partial charge < -0.3 is 10.7 Å². The van der Waals surface area contributed by atoms with Crippen molar-refractivity contribution in [3.05, 3.63) is 22.2 Å². The van der Waals surface area contributed by atoms with E-state index in [1.807, 2.05) is 0 Å². The summed E-state index contributed by atoms with van der Waals surface area (Å²) in [7, 11) is 0. The van der Waals surface area contributed by atoms with E-state index in [0.717, 1.165) is 12.8 Å². The molecule has 0 saturated heterocycles. The summed E-state index contributed by atoms with van der Waals surface area (Å²) in [5.74, 6) is 5.92. The van der Waals surface area contributed by atoms with E-state index in [-0.39, 0.29) is 11.5 Å². The molecular formula is C13H23N5O2. The maximum atomic E-state index is 10.9. The van der Waals surface area contributed by atoms with Gasteiger partial charge in [0.2, 0.25) is 5.82 Å². The molecule has 0 radical (unpaired) electrons. The zero-order valence-corrected chi connectivity index (χ0v) is 11.9. The van der Waals surface area contributed by atoms with Gasteiger partial charge in [0, 0.05) is 12.6 Å². The molecule has 1 heterocycles. The summed E-state index contributed by atoms with van der Waals surface area (Å²) in [5.41, 5.74) is 2.35. The predicted octanol–water partition coefficient (Wildman–Crippen LogP) is 3.05. The highest BCUT2D eigenvalue weighted by Gasteiger charge is 2.15. The smallest absolute Gasteiger partial charge is 0.311 e. The zero-order valence-electron chi connectivity index (χ0n) is 11.9. The first-order chi connectivity index (χ1) is 9.69. The van der Waals surface area contributed by atoms with Crippen LogP contribution in [0.25, 0.3) is 0 Å². The molecule has 0 bridgehead atoms. The summed E-state index contributed by atoms with van der Waals surface area (Å²) in [4.78, 5) is 14.5. The number of pyridine rings is 1. The van der Waals surface area contributed by atoms with Crippen LogP contribution in [-0.4, -0.2) is 16.5 Å². The lowest BCUT2D eigenvalue weighted by atomic mass is 10.1. The van der Waals surface area contributed by atoms with E-state index in [9.17, 15) is 10.1 Å². The summed E-state index contributed by atoms with van der Waals surface area (Å²) < 4.78 is 0. The third kappa shape index (κ3) is 5.40. The van der Waals surface area contributed by atoms with Crippen LogP contribution >= 0.6 is 0 Å². The molecule has 0 aromatic carbocycles. The second-order valence-corrected chi connectivity index (χ2v) is 4.66. The van der Waals surface area contributed by atoms with Crippen molar-refractivity contribution in [1.29, 1.82) is 0 Å². The van der Waals surface area contributed by atoms with Crippen molar-refractivity contribution in [3.63, 3.8) is 0 Å². The quantitative estimate of drug-likeness (QED) is 0.263. The summed E-state index contributed by atoms with van der Waals surface area (Å²) in [6.07, 6.45) is 7.05. The molecule has 0 saturated carbocycles. The molecule has 4 N–H and O–H groups in total. The normalized spacial score (nSPS) is 10.3. The topological polar surface area (TPSA) is 106 Å². The maximum absolute atomic E-state index is 10.9. The number of nitrogens with two attached hydrogens (primary N) is 1. The van der Waals surface area contributed by atoms with Gasteiger partial charge in [-0.2, -0.15) is 0 Å². The van der Waals surface area contributed by atoms with Crippen LogP contribution in [0.1, 0.15) is 45.4 Å². The SMILES string of the molecule is CCCCCCCCNc1nc(NN)ccc1[N+](=O)[O-]. The molecule has 112 valence electrons. The van der Waals surface area contributed by atoms with Crippen LogP contribution in [-0.2, 0) is 0 Å². The van der Waals surface area contributed by atoms with Crippen LogP contribution in [0.5, 0.6) is 0 Å². The van der Waals surface area contributed by atoms with E-state index in [0.29, 0.717) is 12.4 Å². The fourth-order valence-corrected chi connectivity index (χ4v) is 1.92. The average Bonchev–Trinajstić information content (AvgIpc) is 2.45. The zero-order chi connectivity index (χ0) is 14.8. The minimum absolute atomic E-state index is 0.0324. The molecule has 0 fully saturated rings. The van der Waals surface area contributed by atoms with Crippen molar-refractivity contribution in [1.82, 2.24) is 4.98 Å². The van der Waals surface area contributed by atoms with Crippen molar-refractivity contribution in [2.24, 2.45) is 5.84 Å². The van der Waals surface area contributed by atoms with E-state index in [2.05, 4.69) is 22.7 Å². The molecule has 0 aliphatic heterocycles. The van der Waals surface area contributed by atoms with Gasteiger partial charge in [0.1, 0.15) is 5.82 Å². The van der Waals surface area contributed by atoms with E-state index in [1.54, 1.807) is 0 Å². The van der Waals surface area contributed by atoms with Crippen LogP contribution in [0.3, 0.4) is 0 Å². The number of nitro groups is 1. The molecule has 7 heteroatoms. The Bertz CT molecular complexity index is 425.